The maximum atomic E-state index is 10.6. The zero-order chi connectivity index (χ0) is 12.1. The Labute approximate surface area is 88.8 Å². The molecule has 0 aliphatic heterocycles. The van der Waals surface area contributed by atoms with Crippen molar-refractivity contribution in [2.45, 2.75) is 67.6 Å². The van der Waals surface area contributed by atoms with Gasteiger partial charge >= 0.3 is 6.16 Å². The average Bonchev–Trinajstić information content (AvgIpc) is 2.08. The second-order valence-corrected chi connectivity index (χ2v) is 2.58. The molecular formula is C11H26O3. The lowest BCUT2D eigenvalue weighted by atomic mass is 10.5. The van der Waals surface area contributed by atoms with Crippen LogP contribution in [0.4, 0.5) is 4.79 Å². The van der Waals surface area contributed by atoms with Crippen LogP contribution in [0.1, 0.15) is 55.4 Å². The van der Waals surface area contributed by atoms with E-state index >= 15 is 0 Å². The van der Waals surface area contributed by atoms with Crippen molar-refractivity contribution in [1.82, 2.24) is 0 Å². The number of carbonyl (C=O) groups excluding carboxylic acids is 1. The summed E-state index contributed by atoms with van der Waals surface area (Å²) in [6.45, 7) is 15.1. The van der Waals surface area contributed by atoms with Gasteiger partial charge in [-0.15, -0.1) is 0 Å². The Morgan fingerprint density at radius 2 is 1.00 bits per heavy atom. The number of hydrogen-bond acceptors (Lipinski definition) is 3. The first-order chi connectivity index (χ1) is 6.52. The zero-order valence-corrected chi connectivity index (χ0v) is 10.9. The van der Waals surface area contributed by atoms with Crippen LogP contribution in [-0.4, -0.2) is 18.4 Å². The van der Waals surface area contributed by atoms with Gasteiger partial charge in [-0.3, -0.25) is 0 Å². The highest BCUT2D eigenvalue weighted by molar-refractivity contribution is 5.60. The number of ether oxygens (including phenoxy) is 2. The Balaban J connectivity index is -0.000000266. The molecule has 88 valence electrons. The van der Waals surface area contributed by atoms with Crippen molar-refractivity contribution in [2.75, 3.05) is 0 Å². The summed E-state index contributed by atoms with van der Waals surface area (Å²) in [7, 11) is 0. The minimum Gasteiger partial charge on any atom is -0.432 e. The van der Waals surface area contributed by atoms with Crippen LogP contribution < -0.4 is 0 Å². The molecule has 3 heteroatoms. The Bertz CT molecular complexity index is 97.1. The van der Waals surface area contributed by atoms with E-state index in [1.807, 2.05) is 27.7 Å². The third-order valence-electron chi connectivity index (χ3n) is 0.664. The highest BCUT2D eigenvalue weighted by atomic mass is 16.7. The van der Waals surface area contributed by atoms with Gasteiger partial charge in [-0.05, 0) is 27.7 Å². The van der Waals surface area contributed by atoms with Gasteiger partial charge in [-0.2, -0.15) is 0 Å². The molecule has 0 aromatic rings. The van der Waals surface area contributed by atoms with Crippen molar-refractivity contribution in [3.63, 3.8) is 0 Å². The van der Waals surface area contributed by atoms with Crippen LogP contribution >= 0.6 is 0 Å². The van der Waals surface area contributed by atoms with Crippen LogP contribution in [0, 0.1) is 0 Å². The van der Waals surface area contributed by atoms with Crippen LogP contribution in [0.2, 0.25) is 0 Å². The molecule has 0 heterocycles. The molecular weight excluding hydrogens is 180 g/mol. The zero-order valence-electron chi connectivity index (χ0n) is 10.9. The molecule has 0 aliphatic rings. The van der Waals surface area contributed by atoms with E-state index in [4.69, 9.17) is 9.47 Å². The fourth-order valence-electron chi connectivity index (χ4n) is 0.413. The molecule has 0 radical (unpaired) electrons. The van der Waals surface area contributed by atoms with Crippen LogP contribution in [0.15, 0.2) is 0 Å². The molecule has 0 aromatic heterocycles. The van der Waals surface area contributed by atoms with Crippen molar-refractivity contribution in [3.05, 3.63) is 0 Å². The predicted octanol–water partition coefficient (Wildman–Crippen LogP) is 4.01. The molecule has 0 saturated carbocycles. The van der Waals surface area contributed by atoms with E-state index < -0.39 is 6.16 Å². The third-order valence-corrected chi connectivity index (χ3v) is 0.664. The number of rotatable bonds is 2. The van der Waals surface area contributed by atoms with Crippen molar-refractivity contribution in [1.29, 1.82) is 0 Å². The van der Waals surface area contributed by atoms with Gasteiger partial charge in [0.25, 0.3) is 0 Å². The molecule has 3 nitrogen and oxygen atoms in total. The lowest BCUT2D eigenvalue weighted by molar-refractivity contribution is 0.0167. The van der Waals surface area contributed by atoms with Gasteiger partial charge in [0.2, 0.25) is 0 Å². The summed E-state index contributed by atoms with van der Waals surface area (Å²) in [4.78, 5) is 10.6. The molecule has 0 aliphatic carbocycles. The summed E-state index contributed by atoms with van der Waals surface area (Å²) in [6, 6.07) is 0. The van der Waals surface area contributed by atoms with Crippen molar-refractivity contribution in [2.24, 2.45) is 0 Å². The Hall–Kier alpha value is -0.730. The van der Waals surface area contributed by atoms with Gasteiger partial charge in [0, 0.05) is 0 Å². The van der Waals surface area contributed by atoms with Gasteiger partial charge < -0.3 is 9.47 Å². The lowest BCUT2D eigenvalue weighted by Gasteiger charge is -2.10. The van der Waals surface area contributed by atoms with E-state index in [9.17, 15) is 4.79 Å². The molecule has 0 fully saturated rings. The highest BCUT2D eigenvalue weighted by Gasteiger charge is 2.07. The summed E-state index contributed by atoms with van der Waals surface area (Å²) >= 11 is 0. The maximum Gasteiger partial charge on any atom is 0.508 e. The number of hydrogen-bond donors (Lipinski definition) is 0. The second-order valence-electron chi connectivity index (χ2n) is 2.58. The number of carbonyl (C=O) groups is 1. The van der Waals surface area contributed by atoms with Crippen molar-refractivity contribution in [3.8, 4) is 0 Å². The fraction of sp³-hybridized carbons (Fsp3) is 0.909. The summed E-state index contributed by atoms with van der Waals surface area (Å²) in [5.41, 5.74) is 0. The molecule has 0 spiro atoms. The first-order valence-electron chi connectivity index (χ1n) is 5.39. The quantitative estimate of drug-likeness (QED) is 0.640. The molecule has 14 heavy (non-hydrogen) atoms. The van der Waals surface area contributed by atoms with Gasteiger partial charge in [-0.25, -0.2) is 4.79 Å². The summed E-state index contributed by atoms with van der Waals surface area (Å²) in [6.07, 6.45) is -0.803. The van der Waals surface area contributed by atoms with E-state index in [0.29, 0.717) is 0 Å². The average molecular weight is 206 g/mol. The highest BCUT2D eigenvalue weighted by Crippen LogP contribution is 1.95. The van der Waals surface area contributed by atoms with Gasteiger partial charge in [0.15, 0.2) is 0 Å². The molecule has 0 amide bonds. The Morgan fingerprint density at radius 1 is 0.786 bits per heavy atom. The van der Waals surface area contributed by atoms with Crippen LogP contribution in [0.25, 0.3) is 0 Å². The lowest BCUT2D eigenvalue weighted by Crippen LogP contribution is -2.16. The normalized spacial score (nSPS) is 8.14. The van der Waals surface area contributed by atoms with Gasteiger partial charge in [0.1, 0.15) is 0 Å². The molecule has 0 rings (SSSR count). The van der Waals surface area contributed by atoms with E-state index in [0.717, 1.165) is 0 Å². The summed E-state index contributed by atoms with van der Waals surface area (Å²) < 4.78 is 9.40. The van der Waals surface area contributed by atoms with Crippen LogP contribution in [0.5, 0.6) is 0 Å². The van der Waals surface area contributed by atoms with E-state index in [1.54, 1.807) is 27.7 Å². The molecule has 0 atom stereocenters. The van der Waals surface area contributed by atoms with Crippen molar-refractivity contribution >= 4 is 6.16 Å². The molecule has 0 bridgehead atoms. The van der Waals surface area contributed by atoms with E-state index in [1.165, 1.54) is 0 Å². The monoisotopic (exact) mass is 206 g/mol. The second kappa shape index (κ2) is 14.8. The maximum absolute atomic E-state index is 10.6. The third kappa shape index (κ3) is 22.5. The smallest absolute Gasteiger partial charge is 0.432 e. The van der Waals surface area contributed by atoms with E-state index in [2.05, 4.69) is 0 Å². The fourth-order valence-corrected chi connectivity index (χ4v) is 0.413. The van der Waals surface area contributed by atoms with Crippen LogP contribution in [-0.2, 0) is 9.47 Å². The largest absolute Gasteiger partial charge is 0.508 e. The van der Waals surface area contributed by atoms with E-state index in [-0.39, 0.29) is 12.2 Å². The van der Waals surface area contributed by atoms with Gasteiger partial charge in [0.05, 0.1) is 12.2 Å². The Kier molecular flexibility index (Phi) is 20.0. The molecule has 0 saturated heterocycles. The first kappa shape index (κ1) is 18.9. The minimum atomic E-state index is -0.593. The Morgan fingerprint density at radius 3 is 1.14 bits per heavy atom. The summed E-state index contributed by atoms with van der Waals surface area (Å²) in [5, 5.41) is 0. The van der Waals surface area contributed by atoms with Gasteiger partial charge in [-0.1, -0.05) is 27.7 Å². The predicted molar refractivity (Wildman–Crippen MR) is 60.5 cm³/mol. The molecule has 0 aromatic carbocycles. The molecule has 0 N–H and O–H groups in total. The summed E-state index contributed by atoms with van der Waals surface area (Å²) in [5.74, 6) is 0. The first-order valence-corrected chi connectivity index (χ1v) is 5.39. The molecule has 0 unspecified atom stereocenters. The topological polar surface area (TPSA) is 35.5 Å². The minimum absolute atomic E-state index is 0.105. The van der Waals surface area contributed by atoms with Crippen molar-refractivity contribution < 1.29 is 14.3 Å². The van der Waals surface area contributed by atoms with Crippen LogP contribution in [0.3, 0.4) is 0 Å². The SMILES string of the molecule is CC.CC.CC(C)OC(=O)OC(C)C. The standard InChI is InChI=1S/C7H14O3.2C2H6/c1-5(2)9-7(8)10-6(3)4;2*1-2/h5-6H,1-4H3;2*1-2H3.